The van der Waals surface area contributed by atoms with E-state index < -0.39 is 0 Å². The van der Waals surface area contributed by atoms with Gasteiger partial charge < -0.3 is 0 Å². The van der Waals surface area contributed by atoms with Gasteiger partial charge in [0, 0.05) is 19.2 Å². The molecule has 1 aromatic heterocycles. The first-order valence-electron chi connectivity index (χ1n) is 3.08. The molecule has 1 heterocycles. The lowest BCUT2D eigenvalue weighted by molar-refractivity contribution is 0.101. The Morgan fingerprint density at radius 3 is 2.27 bits per heavy atom. The van der Waals surface area contributed by atoms with Crippen LogP contribution in [0, 0.1) is 0 Å². The van der Waals surface area contributed by atoms with Crippen LogP contribution in [0.5, 0.6) is 0 Å². The van der Waals surface area contributed by atoms with Gasteiger partial charge in [-0.1, -0.05) is 0 Å². The van der Waals surface area contributed by atoms with Crippen LogP contribution in [0.3, 0.4) is 0 Å². The van der Waals surface area contributed by atoms with Crippen molar-refractivity contribution in [2.45, 2.75) is 13.8 Å². The Bertz CT molecular complexity index is 275. The van der Waals surface area contributed by atoms with Crippen molar-refractivity contribution in [3.8, 4) is 0 Å². The molecule has 0 aromatic carbocycles. The fourth-order valence-corrected chi connectivity index (χ4v) is 1.36. The summed E-state index contributed by atoms with van der Waals surface area (Å²) in [4.78, 5) is 25.3. The van der Waals surface area contributed by atoms with Crippen LogP contribution in [0.25, 0.3) is 0 Å². The lowest BCUT2D eigenvalue weighted by Gasteiger charge is -1.83. The van der Waals surface area contributed by atoms with E-state index in [-0.39, 0.29) is 11.6 Å². The average Bonchev–Trinajstić information content (AvgIpc) is 2.33. The lowest BCUT2D eigenvalue weighted by atomic mass is 10.3. The Kier molecular flexibility index (Phi) is 2.14. The normalized spacial score (nSPS) is 9.64. The van der Waals surface area contributed by atoms with Crippen LogP contribution in [0.15, 0.2) is 5.38 Å². The highest BCUT2D eigenvalue weighted by molar-refractivity contribution is 7.11. The summed E-state index contributed by atoms with van der Waals surface area (Å²) < 4.78 is 0. The van der Waals surface area contributed by atoms with Crippen molar-refractivity contribution < 1.29 is 9.59 Å². The van der Waals surface area contributed by atoms with Crippen LogP contribution in [0.1, 0.15) is 34.1 Å². The van der Waals surface area contributed by atoms with E-state index in [0.29, 0.717) is 10.7 Å². The molecule has 0 unspecified atom stereocenters. The highest BCUT2D eigenvalue weighted by Gasteiger charge is 2.08. The first kappa shape index (κ1) is 8.07. The molecule has 1 aromatic rings. The van der Waals surface area contributed by atoms with Gasteiger partial charge in [-0.05, 0) is 0 Å². The first-order valence-corrected chi connectivity index (χ1v) is 3.96. The van der Waals surface area contributed by atoms with Gasteiger partial charge in [0.2, 0.25) is 0 Å². The van der Waals surface area contributed by atoms with Gasteiger partial charge in [-0.2, -0.15) is 0 Å². The molecule has 0 saturated heterocycles. The summed E-state index contributed by atoms with van der Waals surface area (Å²) in [5.41, 5.74) is 0.375. The summed E-state index contributed by atoms with van der Waals surface area (Å²) in [6.45, 7) is 2.86. The molecule has 11 heavy (non-hydrogen) atoms. The van der Waals surface area contributed by atoms with Crippen LogP contribution < -0.4 is 0 Å². The quantitative estimate of drug-likeness (QED) is 0.631. The molecule has 3 nitrogen and oxygen atoms in total. The average molecular weight is 169 g/mol. The Balaban J connectivity index is 2.99. The second-order valence-electron chi connectivity index (χ2n) is 2.15. The third-order valence-corrected chi connectivity index (χ3v) is 2.11. The number of carbonyl (C=O) groups excluding carboxylic acids is 2. The first-order chi connectivity index (χ1) is 5.11. The number of aromatic nitrogens is 1. The molecule has 1 rings (SSSR count). The van der Waals surface area contributed by atoms with Crippen molar-refractivity contribution in [3.63, 3.8) is 0 Å². The van der Waals surface area contributed by atoms with Crippen molar-refractivity contribution >= 4 is 22.9 Å². The molecule has 0 fully saturated rings. The van der Waals surface area contributed by atoms with E-state index in [1.807, 2.05) is 0 Å². The Morgan fingerprint density at radius 1 is 1.36 bits per heavy atom. The van der Waals surface area contributed by atoms with Crippen LogP contribution in [0.4, 0.5) is 0 Å². The maximum Gasteiger partial charge on any atom is 0.188 e. The van der Waals surface area contributed by atoms with Crippen molar-refractivity contribution in [2.24, 2.45) is 0 Å². The Hall–Kier alpha value is -1.03. The molecule has 0 aliphatic heterocycles. The summed E-state index contributed by atoms with van der Waals surface area (Å²) in [5.74, 6) is -0.198. The molecule has 0 atom stereocenters. The zero-order chi connectivity index (χ0) is 8.43. The van der Waals surface area contributed by atoms with Crippen LogP contribution in [-0.4, -0.2) is 16.6 Å². The van der Waals surface area contributed by atoms with Gasteiger partial charge in [-0.15, -0.1) is 11.3 Å². The van der Waals surface area contributed by atoms with E-state index in [1.54, 1.807) is 5.38 Å². The van der Waals surface area contributed by atoms with Crippen LogP contribution >= 0.6 is 11.3 Å². The monoisotopic (exact) mass is 169 g/mol. The van der Waals surface area contributed by atoms with Crippen molar-refractivity contribution in [1.82, 2.24) is 4.98 Å². The van der Waals surface area contributed by atoms with Gasteiger partial charge in [0.15, 0.2) is 16.6 Å². The number of nitrogens with zero attached hydrogens (tertiary/aromatic N) is 1. The molecular weight excluding hydrogens is 162 g/mol. The van der Waals surface area contributed by atoms with Gasteiger partial charge in [0.1, 0.15) is 5.69 Å². The van der Waals surface area contributed by atoms with Gasteiger partial charge in [-0.25, -0.2) is 4.98 Å². The molecule has 0 saturated carbocycles. The highest BCUT2D eigenvalue weighted by Crippen LogP contribution is 2.10. The Morgan fingerprint density at radius 2 is 2.00 bits per heavy atom. The number of hydrogen-bond acceptors (Lipinski definition) is 4. The third kappa shape index (κ3) is 1.71. The molecule has 0 N–H and O–H groups in total. The summed E-state index contributed by atoms with van der Waals surface area (Å²) in [6, 6.07) is 0. The predicted molar refractivity (Wildman–Crippen MR) is 42.1 cm³/mol. The highest BCUT2D eigenvalue weighted by atomic mass is 32.1. The van der Waals surface area contributed by atoms with E-state index in [4.69, 9.17) is 0 Å². The maximum absolute atomic E-state index is 10.7. The van der Waals surface area contributed by atoms with Gasteiger partial charge in [0.05, 0.1) is 0 Å². The molecule has 0 aliphatic carbocycles. The minimum absolute atomic E-state index is 0.0949. The topological polar surface area (TPSA) is 47.0 Å². The van der Waals surface area contributed by atoms with Crippen molar-refractivity contribution in [1.29, 1.82) is 0 Å². The number of carbonyl (C=O) groups is 2. The summed E-state index contributed by atoms with van der Waals surface area (Å²) >= 11 is 1.20. The molecule has 58 valence electrons. The fraction of sp³-hybridized carbons (Fsp3) is 0.286. The zero-order valence-corrected chi connectivity index (χ0v) is 7.07. The standard InChI is InChI=1S/C7H7NO2S/c1-4(9)6-3-11-7(8-6)5(2)10/h3H,1-2H3. The molecular formula is C7H7NO2S. The van der Waals surface area contributed by atoms with E-state index in [2.05, 4.69) is 4.98 Å². The number of Topliss-reactive ketones (excluding diaryl/α,β-unsaturated/α-hetero) is 2. The van der Waals surface area contributed by atoms with Gasteiger partial charge in [0.25, 0.3) is 0 Å². The lowest BCUT2D eigenvalue weighted by Crippen LogP contribution is -1.95. The Labute approximate surface area is 68.1 Å². The van der Waals surface area contributed by atoms with Gasteiger partial charge in [-0.3, -0.25) is 9.59 Å². The summed E-state index contributed by atoms with van der Waals surface area (Å²) in [6.07, 6.45) is 0. The summed E-state index contributed by atoms with van der Waals surface area (Å²) in [7, 11) is 0. The predicted octanol–water partition coefficient (Wildman–Crippen LogP) is 1.55. The van der Waals surface area contributed by atoms with E-state index >= 15 is 0 Å². The molecule has 0 bridgehead atoms. The number of rotatable bonds is 2. The minimum atomic E-state index is -0.103. The van der Waals surface area contributed by atoms with Crippen molar-refractivity contribution in [3.05, 3.63) is 16.1 Å². The number of hydrogen-bond donors (Lipinski definition) is 0. The largest absolute Gasteiger partial charge is 0.293 e. The smallest absolute Gasteiger partial charge is 0.188 e. The number of ketones is 2. The zero-order valence-electron chi connectivity index (χ0n) is 6.25. The van der Waals surface area contributed by atoms with Gasteiger partial charge >= 0.3 is 0 Å². The van der Waals surface area contributed by atoms with Crippen molar-refractivity contribution in [2.75, 3.05) is 0 Å². The molecule has 0 amide bonds. The minimum Gasteiger partial charge on any atom is -0.293 e. The van der Waals surface area contributed by atoms with Crippen LogP contribution in [-0.2, 0) is 0 Å². The van der Waals surface area contributed by atoms with E-state index in [9.17, 15) is 9.59 Å². The molecule has 4 heteroatoms. The SMILES string of the molecule is CC(=O)c1csc(C(C)=O)n1. The van der Waals surface area contributed by atoms with Crippen LogP contribution in [0.2, 0.25) is 0 Å². The maximum atomic E-state index is 10.7. The second-order valence-corrected chi connectivity index (χ2v) is 3.01. The second kappa shape index (κ2) is 2.92. The number of thiazole rings is 1. The fourth-order valence-electron chi connectivity index (χ4n) is 0.597. The van der Waals surface area contributed by atoms with E-state index in [1.165, 1.54) is 25.2 Å². The van der Waals surface area contributed by atoms with E-state index in [0.717, 1.165) is 0 Å². The molecule has 0 aliphatic rings. The molecule has 0 spiro atoms. The summed E-state index contributed by atoms with van der Waals surface area (Å²) in [5, 5.41) is 1.99. The third-order valence-electron chi connectivity index (χ3n) is 1.17. The molecule has 0 radical (unpaired) electrons.